The maximum Gasteiger partial charge on any atom is 0.243 e. The van der Waals surface area contributed by atoms with Gasteiger partial charge >= 0.3 is 0 Å². The molecule has 9 heteroatoms. The minimum atomic E-state index is -3.95. The van der Waals surface area contributed by atoms with E-state index in [2.05, 4.69) is 6.58 Å². The second kappa shape index (κ2) is 11.5. The molecule has 39 heavy (non-hydrogen) atoms. The second-order valence-corrected chi connectivity index (χ2v) is 14.1. The van der Waals surface area contributed by atoms with Crippen molar-refractivity contribution in [3.05, 3.63) is 96.1 Å². The molecule has 0 aliphatic carbocycles. The molecule has 0 saturated carbocycles. The molecular formula is C30H35NO6S2. The van der Waals surface area contributed by atoms with Crippen LogP contribution in [0.5, 0.6) is 11.5 Å². The van der Waals surface area contributed by atoms with E-state index in [9.17, 15) is 16.8 Å². The molecule has 4 rings (SSSR count). The molecule has 0 radical (unpaired) electrons. The van der Waals surface area contributed by atoms with Crippen LogP contribution in [0.4, 0.5) is 0 Å². The van der Waals surface area contributed by atoms with Crippen molar-refractivity contribution in [2.45, 2.75) is 36.6 Å². The van der Waals surface area contributed by atoms with Gasteiger partial charge in [-0.15, -0.1) is 0 Å². The molecule has 208 valence electrons. The fourth-order valence-corrected chi connectivity index (χ4v) is 8.36. The van der Waals surface area contributed by atoms with Gasteiger partial charge in [-0.25, -0.2) is 16.8 Å². The van der Waals surface area contributed by atoms with Crippen LogP contribution in [0.1, 0.15) is 18.1 Å². The Morgan fingerprint density at radius 2 is 1.36 bits per heavy atom. The fraction of sp³-hybridized carbons (Fsp3) is 0.333. The van der Waals surface area contributed by atoms with Crippen molar-refractivity contribution in [2.24, 2.45) is 11.8 Å². The van der Waals surface area contributed by atoms with E-state index in [-0.39, 0.29) is 34.6 Å². The highest BCUT2D eigenvalue weighted by atomic mass is 32.2. The first-order chi connectivity index (χ1) is 18.4. The first kappa shape index (κ1) is 28.9. The Hall–Kier alpha value is -3.14. The van der Waals surface area contributed by atoms with Crippen LogP contribution in [0.3, 0.4) is 0 Å². The maximum atomic E-state index is 13.9. The Balaban J connectivity index is 1.73. The van der Waals surface area contributed by atoms with E-state index in [4.69, 9.17) is 9.47 Å². The monoisotopic (exact) mass is 569 g/mol. The van der Waals surface area contributed by atoms with Crippen LogP contribution in [-0.4, -0.2) is 53.2 Å². The van der Waals surface area contributed by atoms with Gasteiger partial charge in [-0.1, -0.05) is 47.5 Å². The first-order valence-corrected chi connectivity index (χ1v) is 15.8. The van der Waals surface area contributed by atoms with Gasteiger partial charge in [-0.3, -0.25) is 0 Å². The number of sulfone groups is 1. The van der Waals surface area contributed by atoms with Crippen molar-refractivity contribution in [3.63, 3.8) is 0 Å². The van der Waals surface area contributed by atoms with E-state index in [1.165, 1.54) is 4.31 Å². The van der Waals surface area contributed by atoms with Crippen molar-refractivity contribution < 1.29 is 26.3 Å². The summed E-state index contributed by atoms with van der Waals surface area (Å²) in [6.45, 7) is 9.81. The average molecular weight is 570 g/mol. The third-order valence-corrected chi connectivity index (χ3v) is 11.0. The number of hydrogen-bond donors (Lipinski definition) is 0. The molecule has 0 amide bonds. The van der Waals surface area contributed by atoms with Crippen molar-refractivity contribution in [3.8, 4) is 11.5 Å². The topological polar surface area (TPSA) is 90.0 Å². The summed E-state index contributed by atoms with van der Waals surface area (Å²) in [7, 11) is -6.10. The molecule has 1 saturated heterocycles. The molecule has 1 aliphatic rings. The molecule has 0 spiro atoms. The number of methoxy groups -OCH3 is 1. The van der Waals surface area contributed by atoms with Crippen LogP contribution < -0.4 is 9.47 Å². The zero-order valence-electron chi connectivity index (χ0n) is 22.7. The molecule has 0 unspecified atom stereocenters. The highest BCUT2D eigenvalue weighted by molar-refractivity contribution is 7.91. The summed E-state index contributed by atoms with van der Waals surface area (Å²) in [5.74, 6) is 0.0326. The van der Waals surface area contributed by atoms with Crippen LogP contribution in [0.15, 0.2) is 94.7 Å². The van der Waals surface area contributed by atoms with Crippen molar-refractivity contribution in [1.29, 1.82) is 0 Å². The van der Waals surface area contributed by atoms with Gasteiger partial charge in [0.05, 0.1) is 28.7 Å². The Morgan fingerprint density at radius 1 is 0.846 bits per heavy atom. The van der Waals surface area contributed by atoms with Gasteiger partial charge in [0.2, 0.25) is 10.0 Å². The Morgan fingerprint density at radius 3 is 1.87 bits per heavy atom. The lowest BCUT2D eigenvalue weighted by Gasteiger charge is -2.28. The lowest BCUT2D eigenvalue weighted by Crippen LogP contribution is -2.43. The molecule has 0 N–H and O–H groups in total. The van der Waals surface area contributed by atoms with Crippen LogP contribution >= 0.6 is 0 Å². The lowest BCUT2D eigenvalue weighted by molar-refractivity contribution is 0.207. The summed E-state index contributed by atoms with van der Waals surface area (Å²) in [4.78, 5) is 0.369. The normalized spacial score (nSPS) is 20.1. The molecule has 7 nitrogen and oxygen atoms in total. The summed E-state index contributed by atoms with van der Waals surface area (Å²) in [6.07, 6.45) is 0. The molecular weight excluding hydrogens is 534 g/mol. The van der Waals surface area contributed by atoms with Gasteiger partial charge < -0.3 is 9.47 Å². The Kier molecular flexibility index (Phi) is 8.54. The number of benzene rings is 3. The number of ether oxygens (including phenoxy) is 2. The molecule has 3 aromatic carbocycles. The number of rotatable bonds is 10. The van der Waals surface area contributed by atoms with Crippen molar-refractivity contribution in [2.75, 3.05) is 26.0 Å². The van der Waals surface area contributed by atoms with Gasteiger partial charge in [0.1, 0.15) is 18.1 Å². The number of aryl methyl sites for hydroxylation is 2. The van der Waals surface area contributed by atoms with Gasteiger partial charge in [0.25, 0.3) is 0 Å². The molecule has 1 heterocycles. The van der Waals surface area contributed by atoms with E-state index in [0.29, 0.717) is 11.5 Å². The van der Waals surface area contributed by atoms with Crippen molar-refractivity contribution in [1.82, 2.24) is 4.31 Å². The molecule has 1 fully saturated rings. The largest absolute Gasteiger partial charge is 0.497 e. The van der Waals surface area contributed by atoms with Crippen LogP contribution in [0, 0.1) is 25.7 Å². The van der Waals surface area contributed by atoms with E-state index in [0.717, 1.165) is 16.7 Å². The zero-order chi connectivity index (χ0) is 28.4. The predicted molar refractivity (Wildman–Crippen MR) is 152 cm³/mol. The summed E-state index contributed by atoms with van der Waals surface area (Å²) >= 11 is 0. The van der Waals surface area contributed by atoms with E-state index in [1.807, 2.05) is 20.8 Å². The van der Waals surface area contributed by atoms with E-state index >= 15 is 0 Å². The summed E-state index contributed by atoms with van der Waals surface area (Å²) < 4.78 is 67.6. The minimum absolute atomic E-state index is 0.0186. The molecule has 3 atom stereocenters. The van der Waals surface area contributed by atoms with Crippen LogP contribution in [0.25, 0.3) is 0 Å². The van der Waals surface area contributed by atoms with Gasteiger partial charge in [-0.2, -0.15) is 4.31 Å². The summed E-state index contributed by atoms with van der Waals surface area (Å²) in [5, 5.41) is 0. The zero-order valence-corrected chi connectivity index (χ0v) is 24.3. The SMILES string of the molecule is C=C(C)[C@@H]1CN(S(=O)(=O)c2ccc(C)cc2)[C@H](COc2ccc(OC)cc2)[C@H]1CS(=O)(=O)c1ccc(C)cc1. The minimum Gasteiger partial charge on any atom is -0.497 e. The highest BCUT2D eigenvalue weighted by Crippen LogP contribution is 2.40. The third kappa shape index (κ3) is 6.37. The molecule has 1 aliphatic heterocycles. The number of hydrogen-bond acceptors (Lipinski definition) is 6. The summed E-state index contributed by atoms with van der Waals surface area (Å²) in [6, 6.07) is 19.6. The molecule has 0 bridgehead atoms. The number of nitrogens with zero attached hydrogens (tertiary/aromatic N) is 1. The first-order valence-electron chi connectivity index (χ1n) is 12.7. The second-order valence-electron chi connectivity index (χ2n) is 10.2. The van der Waals surface area contributed by atoms with Gasteiger partial charge in [0.15, 0.2) is 9.84 Å². The molecule has 3 aromatic rings. The quantitative estimate of drug-likeness (QED) is 0.318. The van der Waals surface area contributed by atoms with E-state index < -0.39 is 31.8 Å². The Bertz CT molecular complexity index is 1510. The standard InChI is InChI=1S/C30H35NO6S2/c1-21(2)28-18-31(39(34,35)27-16-8-23(4)9-17-27)30(19-37-25-12-10-24(36-5)11-13-25)29(28)20-38(32,33)26-14-6-22(3)7-15-26/h6-17,28-30H,1,18-20H2,2-5H3/t28-,29-,30+/m0/s1. The maximum absolute atomic E-state index is 13.9. The smallest absolute Gasteiger partial charge is 0.243 e. The third-order valence-electron chi connectivity index (χ3n) is 7.29. The summed E-state index contributed by atoms with van der Waals surface area (Å²) in [5.41, 5.74) is 2.63. The van der Waals surface area contributed by atoms with Crippen LogP contribution in [0.2, 0.25) is 0 Å². The van der Waals surface area contributed by atoms with Gasteiger partial charge in [-0.05, 0) is 75.2 Å². The predicted octanol–water partition coefficient (Wildman–Crippen LogP) is 5.05. The van der Waals surface area contributed by atoms with Crippen LogP contribution in [-0.2, 0) is 19.9 Å². The van der Waals surface area contributed by atoms with E-state index in [1.54, 1.807) is 79.9 Å². The highest BCUT2D eigenvalue weighted by Gasteiger charge is 2.49. The Labute approximate surface area is 232 Å². The van der Waals surface area contributed by atoms with Gasteiger partial charge in [0, 0.05) is 12.5 Å². The fourth-order valence-electron chi connectivity index (χ4n) is 4.97. The number of sulfonamides is 1. The molecule has 0 aromatic heterocycles. The lowest BCUT2D eigenvalue weighted by atomic mass is 9.88. The average Bonchev–Trinajstić information content (AvgIpc) is 3.26. The van der Waals surface area contributed by atoms with Crippen molar-refractivity contribution >= 4 is 19.9 Å².